The summed E-state index contributed by atoms with van der Waals surface area (Å²) in [7, 11) is -8.32. The fourth-order valence-electron chi connectivity index (χ4n) is 5.39. The fourth-order valence-corrected chi connectivity index (χ4v) is 7.23. The predicted octanol–water partition coefficient (Wildman–Crippen LogP) is 3.32. The Balaban J connectivity index is 1.97. The van der Waals surface area contributed by atoms with Crippen LogP contribution in [0.1, 0.15) is 71.9 Å². The summed E-state index contributed by atoms with van der Waals surface area (Å²) in [4.78, 5) is 30.7. The fraction of sp³-hybridized carbons (Fsp3) is 0.412. The van der Waals surface area contributed by atoms with Crippen LogP contribution in [0.5, 0.6) is 0 Å². The van der Waals surface area contributed by atoms with Gasteiger partial charge in [0.1, 0.15) is 11.6 Å². The van der Waals surface area contributed by atoms with Gasteiger partial charge in [-0.25, -0.2) is 35.8 Å². The maximum absolute atomic E-state index is 14.2. The van der Waals surface area contributed by atoms with E-state index in [2.05, 4.69) is 10.1 Å². The molecule has 0 aliphatic heterocycles. The lowest BCUT2D eigenvalue weighted by Crippen LogP contribution is -2.53. The maximum atomic E-state index is 14.2. The van der Waals surface area contributed by atoms with E-state index in [0.717, 1.165) is 24.3 Å². The number of primary sulfonamides is 1. The van der Waals surface area contributed by atoms with Crippen LogP contribution in [0, 0.1) is 11.6 Å². The molecule has 2 amide bonds. The standard InChI is InChI=1S/C34H45F2N5O7S2/c1-4-12-40(13-5-2)34(44)27-18-26(19-30(20-27)50(37,47)48)33(43)38-31(17-25-15-28(35)21-29(36)16-25)32(42)22-41(14-6-3)39-49(45,46)23-24-10-8-7-9-11-24/h7-11,15-16,18-21,31-32,39,42H,4-6,12-14,17,22-23H2,1-3H3,(H,38,43)(H2,37,47,48). The molecule has 0 bridgehead atoms. The molecule has 3 rings (SSSR count). The monoisotopic (exact) mass is 737 g/mol. The van der Waals surface area contributed by atoms with Gasteiger partial charge in [0, 0.05) is 43.4 Å². The number of sulfonamides is 2. The van der Waals surface area contributed by atoms with Crippen molar-refractivity contribution in [1.29, 1.82) is 0 Å². The van der Waals surface area contributed by atoms with Crippen molar-refractivity contribution in [3.63, 3.8) is 0 Å². The number of benzene rings is 3. The quantitative estimate of drug-likeness (QED) is 0.135. The Bertz CT molecular complexity index is 1800. The molecule has 0 aliphatic carbocycles. The summed E-state index contributed by atoms with van der Waals surface area (Å²) >= 11 is 0. The van der Waals surface area contributed by atoms with Gasteiger partial charge in [-0.3, -0.25) is 9.59 Å². The summed E-state index contributed by atoms with van der Waals surface area (Å²) in [5.74, 6) is -3.57. The summed E-state index contributed by atoms with van der Waals surface area (Å²) < 4.78 is 79.1. The lowest BCUT2D eigenvalue weighted by atomic mass is 9.99. The van der Waals surface area contributed by atoms with Gasteiger partial charge >= 0.3 is 0 Å². The third-order valence-corrected chi connectivity index (χ3v) is 9.69. The predicted molar refractivity (Wildman–Crippen MR) is 186 cm³/mol. The minimum absolute atomic E-state index is 0.0717. The van der Waals surface area contributed by atoms with E-state index in [9.17, 15) is 40.3 Å². The number of aliphatic hydroxyl groups excluding tert-OH is 1. The summed E-state index contributed by atoms with van der Waals surface area (Å²) in [5, 5.41) is 20.7. The molecular weight excluding hydrogens is 693 g/mol. The molecule has 0 fully saturated rings. The summed E-state index contributed by atoms with van der Waals surface area (Å²) in [5.41, 5.74) is 0.226. The van der Waals surface area contributed by atoms with Crippen LogP contribution < -0.4 is 15.3 Å². The van der Waals surface area contributed by atoms with Crippen LogP contribution in [0.2, 0.25) is 0 Å². The molecule has 0 saturated heterocycles. The van der Waals surface area contributed by atoms with Crippen LogP contribution in [0.3, 0.4) is 0 Å². The summed E-state index contributed by atoms with van der Waals surface area (Å²) in [6, 6.07) is 13.1. The van der Waals surface area contributed by atoms with Crippen molar-refractivity contribution in [2.24, 2.45) is 5.14 Å². The molecule has 0 radical (unpaired) electrons. The van der Waals surface area contributed by atoms with E-state index in [1.54, 1.807) is 37.3 Å². The van der Waals surface area contributed by atoms with E-state index in [-0.39, 0.29) is 42.0 Å². The molecule has 16 heteroatoms. The van der Waals surface area contributed by atoms with Crippen LogP contribution in [-0.2, 0) is 32.2 Å². The molecule has 2 unspecified atom stereocenters. The van der Waals surface area contributed by atoms with E-state index in [1.807, 2.05) is 13.8 Å². The molecule has 0 saturated carbocycles. The molecule has 3 aromatic carbocycles. The van der Waals surface area contributed by atoms with Crippen molar-refractivity contribution >= 4 is 31.9 Å². The lowest BCUT2D eigenvalue weighted by Gasteiger charge is -2.30. The molecule has 0 aromatic heterocycles. The second kappa shape index (κ2) is 18.4. The second-order valence-corrected chi connectivity index (χ2v) is 15.3. The number of aliphatic hydroxyl groups is 1. The topological polar surface area (TPSA) is 179 Å². The highest BCUT2D eigenvalue weighted by atomic mass is 32.2. The molecule has 0 spiro atoms. The first-order valence-corrected chi connectivity index (χ1v) is 19.4. The zero-order valence-corrected chi connectivity index (χ0v) is 29.9. The number of hydrazine groups is 1. The minimum atomic E-state index is -4.39. The number of halogens is 2. The van der Waals surface area contributed by atoms with Gasteiger partial charge in [0.05, 0.1) is 22.8 Å². The molecule has 12 nitrogen and oxygen atoms in total. The van der Waals surface area contributed by atoms with E-state index in [1.165, 1.54) is 16.0 Å². The third-order valence-electron chi connectivity index (χ3n) is 7.55. The van der Waals surface area contributed by atoms with Gasteiger partial charge in [-0.2, -0.15) is 0 Å². The summed E-state index contributed by atoms with van der Waals surface area (Å²) in [6.45, 7) is 6.12. The zero-order chi connectivity index (χ0) is 37.1. The van der Waals surface area contributed by atoms with Crippen LogP contribution in [0.25, 0.3) is 0 Å². The van der Waals surface area contributed by atoms with Gasteiger partial charge in [0.2, 0.25) is 20.0 Å². The first kappa shape index (κ1) is 40.6. The van der Waals surface area contributed by atoms with Crippen LogP contribution in [0.4, 0.5) is 8.78 Å². The summed E-state index contributed by atoms with van der Waals surface area (Å²) in [6.07, 6.45) is -0.100. The van der Waals surface area contributed by atoms with Gasteiger partial charge in [-0.15, -0.1) is 4.83 Å². The average molecular weight is 738 g/mol. The number of rotatable bonds is 19. The maximum Gasteiger partial charge on any atom is 0.253 e. The Morgan fingerprint density at radius 3 is 1.96 bits per heavy atom. The van der Waals surface area contributed by atoms with Gasteiger partial charge in [0.15, 0.2) is 0 Å². The third kappa shape index (κ3) is 12.5. The lowest BCUT2D eigenvalue weighted by molar-refractivity contribution is 0.0618. The number of nitrogens with one attached hydrogen (secondary N) is 2. The van der Waals surface area contributed by atoms with E-state index >= 15 is 0 Å². The smallest absolute Gasteiger partial charge is 0.253 e. The molecule has 50 heavy (non-hydrogen) atoms. The highest BCUT2D eigenvalue weighted by molar-refractivity contribution is 7.89. The van der Waals surface area contributed by atoms with Gasteiger partial charge in [-0.05, 0) is 67.1 Å². The molecular formula is C34H45F2N5O7S2. The van der Waals surface area contributed by atoms with Gasteiger partial charge < -0.3 is 15.3 Å². The largest absolute Gasteiger partial charge is 0.390 e. The molecule has 3 aromatic rings. The average Bonchev–Trinajstić information content (AvgIpc) is 3.03. The number of hydrogen-bond acceptors (Lipinski definition) is 8. The van der Waals surface area contributed by atoms with Crippen molar-refractivity contribution in [1.82, 2.24) is 20.1 Å². The Morgan fingerprint density at radius 2 is 1.40 bits per heavy atom. The molecule has 2 atom stereocenters. The molecule has 0 aliphatic rings. The van der Waals surface area contributed by atoms with E-state index in [0.29, 0.717) is 44.0 Å². The Labute approximate surface area is 292 Å². The molecule has 5 N–H and O–H groups in total. The van der Waals surface area contributed by atoms with Crippen molar-refractivity contribution < 1.29 is 40.3 Å². The van der Waals surface area contributed by atoms with Gasteiger partial charge in [-0.1, -0.05) is 51.1 Å². The van der Waals surface area contributed by atoms with Gasteiger partial charge in [0.25, 0.3) is 11.8 Å². The minimum Gasteiger partial charge on any atom is -0.390 e. The number of nitrogens with two attached hydrogens (primary N) is 1. The first-order chi connectivity index (χ1) is 23.5. The van der Waals surface area contributed by atoms with E-state index in [4.69, 9.17) is 5.14 Å². The Hall–Kier alpha value is -3.80. The van der Waals surface area contributed by atoms with Crippen molar-refractivity contribution in [3.8, 4) is 0 Å². The highest BCUT2D eigenvalue weighted by Gasteiger charge is 2.28. The second-order valence-electron chi connectivity index (χ2n) is 12.0. The number of amides is 2. The zero-order valence-electron chi connectivity index (χ0n) is 28.3. The van der Waals surface area contributed by atoms with Crippen molar-refractivity contribution in [2.75, 3.05) is 26.2 Å². The number of nitrogens with zero attached hydrogens (tertiary/aromatic N) is 2. The van der Waals surface area contributed by atoms with Crippen molar-refractivity contribution in [2.45, 2.75) is 69.2 Å². The molecule has 0 heterocycles. The first-order valence-electron chi connectivity index (χ1n) is 16.2. The SMILES string of the molecule is CCCN(CC(O)C(Cc1cc(F)cc(F)c1)NC(=O)c1cc(C(=O)N(CCC)CCC)cc(S(N)(=O)=O)c1)NS(=O)(=O)Cc1ccccc1. The van der Waals surface area contributed by atoms with Crippen LogP contribution in [0.15, 0.2) is 71.6 Å². The number of carbonyl (C=O) groups excluding carboxylic acids is 2. The number of carbonyl (C=O) groups is 2. The van der Waals surface area contributed by atoms with Crippen LogP contribution in [-0.4, -0.2) is 82.0 Å². The Morgan fingerprint density at radius 1 is 0.820 bits per heavy atom. The van der Waals surface area contributed by atoms with Crippen LogP contribution >= 0.6 is 0 Å². The highest BCUT2D eigenvalue weighted by Crippen LogP contribution is 2.19. The van der Waals surface area contributed by atoms with Crippen molar-refractivity contribution in [3.05, 3.63) is 101 Å². The number of hydrogen-bond donors (Lipinski definition) is 4. The Kier molecular flexibility index (Phi) is 15.0. The normalized spacial score (nSPS) is 13.2. The molecule has 274 valence electrons. The van der Waals surface area contributed by atoms with E-state index < -0.39 is 60.5 Å².